The average molecular weight is 227 g/mol. The number of methoxy groups -OCH3 is 1. The van der Waals surface area contributed by atoms with Gasteiger partial charge in [0.1, 0.15) is 0 Å². The molecule has 1 saturated heterocycles. The standard InChI is InChI=1S/C11H17NO2S/c1-14-11-3-2-10(15-11)7-12-5-4-9(6-12)8-13/h2-3,9,13H,4-8H2,1H3. The minimum absolute atomic E-state index is 0.324. The molecule has 1 aromatic rings. The fraction of sp³-hybridized carbons (Fsp3) is 0.636. The van der Waals surface area contributed by atoms with E-state index in [-0.39, 0.29) is 0 Å². The van der Waals surface area contributed by atoms with Crippen molar-refractivity contribution in [3.8, 4) is 5.06 Å². The molecule has 1 aromatic heterocycles. The lowest BCUT2D eigenvalue weighted by molar-refractivity contribution is 0.220. The summed E-state index contributed by atoms with van der Waals surface area (Å²) in [5.74, 6) is 0.479. The van der Waals surface area contributed by atoms with E-state index in [1.807, 2.05) is 6.07 Å². The minimum atomic E-state index is 0.324. The quantitative estimate of drug-likeness (QED) is 0.847. The molecular weight excluding hydrogens is 210 g/mol. The Bertz CT molecular complexity index is 313. The van der Waals surface area contributed by atoms with Gasteiger partial charge in [-0.2, -0.15) is 0 Å². The Hall–Kier alpha value is -0.580. The number of hydrogen-bond acceptors (Lipinski definition) is 4. The third-order valence-corrected chi connectivity index (χ3v) is 3.88. The molecule has 0 amide bonds. The Balaban J connectivity index is 1.87. The van der Waals surface area contributed by atoms with Crippen LogP contribution in [0.4, 0.5) is 0 Å². The highest BCUT2D eigenvalue weighted by molar-refractivity contribution is 7.13. The summed E-state index contributed by atoms with van der Waals surface area (Å²) in [7, 11) is 1.70. The van der Waals surface area contributed by atoms with Gasteiger partial charge in [0.05, 0.1) is 7.11 Å². The summed E-state index contributed by atoms with van der Waals surface area (Å²) in [4.78, 5) is 3.73. The lowest BCUT2D eigenvalue weighted by Crippen LogP contribution is -2.20. The lowest BCUT2D eigenvalue weighted by atomic mass is 10.1. The van der Waals surface area contributed by atoms with Gasteiger partial charge in [-0.15, -0.1) is 11.3 Å². The summed E-state index contributed by atoms with van der Waals surface area (Å²) >= 11 is 1.70. The first-order valence-corrected chi connectivity index (χ1v) is 6.09. The highest BCUT2D eigenvalue weighted by Crippen LogP contribution is 2.26. The molecule has 84 valence electrons. The molecule has 2 heterocycles. The molecule has 1 aliphatic rings. The van der Waals surface area contributed by atoms with Crippen LogP contribution in [0.25, 0.3) is 0 Å². The Morgan fingerprint density at radius 1 is 1.60 bits per heavy atom. The number of hydrogen-bond donors (Lipinski definition) is 1. The van der Waals surface area contributed by atoms with Gasteiger partial charge in [-0.25, -0.2) is 0 Å². The number of rotatable bonds is 4. The topological polar surface area (TPSA) is 32.7 Å². The molecule has 15 heavy (non-hydrogen) atoms. The van der Waals surface area contributed by atoms with Crippen molar-refractivity contribution in [2.45, 2.75) is 13.0 Å². The first-order valence-electron chi connectivity index (χ1n) is 5.27. The third kappa shape index (κ3) is 2.71. The molecule has 1 atom stereocenters. The number of likely N-dealkylation sites (tertiary alicyclic amines) is 1. The predicted octanol–water partition coefficient (Wildman–Crippen LogP) is 1.57. The van der Waals surface area contributed by atoms with E-state index >= 15 is 0 Å². The van der Waals surface area contributed by atoms with Crippen LogP contribution >= 0.6 is 11.3 Å². The normalized spacial score (nSPS) is 22.1. The van der Waals surface area contributed by atoms with Crippen LogP contribution in [0.3, 0.4) is 0 Å². The summed E-state index contributed by atoms with van der Waals surface area (Å²) in [5.41, 5.74) is 0. The van der Waals surface area contributed by atoms with Crippen molar-refractivity contribution in [3.05, 3.63) is 17.0 Å². The average Bonchev–Trinajstić information content (AvgIpc) is 2.87. The molecule has 1 N–H and O–H groups in total. The van der Waals surface area contributed by atoms with E-state index in [0.717, 1.165) is 31.1 Å². The number of ether oxygens (including phenoxy) is 1. The molecule has 1 fully saturated rings. The number of aliphatic hydroxyl groups excluding tert-OH is 1. The van der Waals surface area contributed by atoms with Gasteiger partial charge in [0.2, 0.25) is 0 Å². The Morgan fingerprint density at radius 3 is 3.07 bits per heavy atom. The van der Waals surface area contributed by atoms with Crippen molar-refractivity contribution >= 4 is 11.3 Å². The van der Waals surface area contributed by atoms with Gasteiger partial charge >= 0.3 is 0 Å². The number of aliphatic hydroxyl groups is 1. The summed E-state index contributed by atoms with van der Waals surface area (Å²) < 4.78 is 5.16. The predicted molar refractivity (Wildman–Crippen MR) is 61.3 cm³/mol. The van der Waals surface area contributed by atoms with Crippen LogP contribution in [-0.2, 0) is 6.54 Å². The van der Waals surface area contributed by atoms with E-state index in [4.69, 9.17) is 9.84 Å². The molecule has 0 radical (unpaired) electrons. The second-order valence-electron chi connectivity index (χ2n) is 4.00. The zero-order valence-corrected chi connectivity index (χ0v) is 9.80. The van der Waals surface area contributed by atoms with Gasteiger partial charge < -0.3 is 9.84 Å². The first-order chi connectivity index (χ1) is 7.31. The molecule has 0 saturated carbocycles. The zero-order chi connectivity index (χ0) is 10.7. The summed E-state index contributed by atoms with van der Waals surface area (Å²) in [6.07, 6.45) is 1.12. The highest BCUT2D eigenvalue weighted by Gasteiger charge is 2.21. The molecule has 2 rings (SSSR count). The van der Waals surface area contributed by atoms with Crippen LogP contribution in [-0.4, -0.2) is 36.8 Å². The van der Waals surface area contributed by atoms with Crippen LogP contribution in [0.2, 0.25) is 0 Å². The summed E-state index contributed by atoms with van der Waals surface area (Å²) in [6.45, 7) is 3.44. The van der Waals surface area contributed by atoms with E-state index in [1.54, 1.807) is 18.4 Å². The van der Waals surface area contributed by atoms with Crippen molar-refractivity contribution in [2.75, 3.05) is 26.8 Å². The van der Waals surface area contributed by atoms with Gasteiger partial charge in [-0.05, 0) is 31.0 Å². The maximum absolute atomic E-state index is 9.05. The van der Waals surface area contributed by atoms with Crippen LogP contribution in [0, 0.1) is 5.92 Å². The summed E-state index contributed by atoms with van der Waals surface area (Å²) in [6, 6.07) is 4.13. The molecule has 1 aliphatic heterocycles. The molecule has 3 nitrogen and oxygen atoms in total. The SMILES string of the molecule is COc1ccc(CN2CCC(CO)C2)s1. The van der Waals surface area contributed by atoms with Crippen LogP contribution < -0.4 is 4.74 Å². The molecule has 1 unspecified atom stereocenters. The molecule has 4 heteroatoms. The smallest absolute Gasteiger partial charge is 0.173 e. The van der Waals surface area contributed by atoms with E-state index in [1.165, 1.54) is 4.88 Å². The van der Waals surface area contributed by atoms with Crippen molar-refractivity contribution in [1.82, 2.24) is 4.90 Å². The Labute approximate surface area is 94.3 Å². The zero-order valence-electron chi connectivity index (χ0n) is 8.98. The van der Waals surface area contributed by atoms with E-state index in [0.29, 0.717) is 12.5 Å². The highest BCUT2D eigenvalue weighted by atomic mass is 32.1. The van der Waals surface area contributed by atoms with Crippen molar-refractivity contribution < 1.29 is 9.84 Å². The van der Waals surface area contributed by atoms with E-state index in [9.17, 15) is 0 Å². The van der Waals surface area contributed by atoms with Gasteiger partial charge in [-0.1, -0.05) is 0 Å². The fourth-order valence-corrected chi connectivity index (χ4v) is 2.84. The van der Waals surface area contributed by atoms with Crippen LogP contribution in [0.5, 0.6) is 5.06 Å². The van der Waals surface area contributed by atoms with Gasteiger partial charge in [0.15, 0.2) is 5.06 Å². The van der Waals surface area contributed by atoms with Crippen molar-refractivity contribution in [3.63, 3.8) is 0 Å². The fourth-order valence-electron chi connectivity index (χ4n) is 1.98. The maximum atomic E-state index is 9.05. The Kier molecular flexibility index (Phi) is 3.61. The lowest BCUT2D eigenvalue weighted by Gasteiger charge is -2.13. The largest absolute Gasteiger partial charge is 0.487 e. The summed E-state index contributed by atoms with van der Waals surface area (Å²) in [5, 5.41) is 10.0. The van der Waals surface area contributed by atoms with Crippen LogP contribution in [0.1, 0.15) is 11.3 Å². The van der Waals surface area contributed by atoms with E-state index in [2.05, 4.69) is 11.0 Å². The maximum Gasteiger partial charge on any atom is 0.173 e. The molecule has 0 aliphatic carbocycles. The second kappa shape index (κ2) is 4.96. The second-order valence-corrected chi connectivity index (χ2v) is 5.13. The molecule has 0 spiro atoms. The van der Waals surface area contributed by atoms with E-state index < -0.39 is 0 Å². The number of nitrogens with zero attached hydrogens (tertiary/aromatic N) is 1. The molecule has 0 aromatic carbocycles. The third-order valence-electron chi connectivity index (χ3n) is 2.85. The minimum Gasteiger partial charge on any atom is -0.487 e. The first kappa shape index (κ1) is 10.9. The van der Waals surface area contributed by atoms with Gasteiger partial charge in [0.25, 0.3) is 0 Å². The molecular formula is C11H17NO2S. The van der Waals surface area contributed by atoms with Crippen molar-refractivity contribution in [1.29, 1.82) is 0 Å². The Morgan fingerprint density at radius 2 is 2.47 bits per heavy atom. The van der Waals surface area contributed by atoms with Gasteiger partial charge in [-0.3, -0.25) is 4.90 Å². The molecule has 0 bridgehead atoms. The van der Waals surface area contributed by atoms with Crippen molar-refractivity contribution in [2.24, 2.45) is 5.92 Å². The van der Waals surface area contributed by atoms with Crippen LogP contribution in [0.15, 0.2) is 12.1 Å². The van der Waals surface area contributed by atoms with Gasteiger partial charge in [0, 0.05) is 24.6 Å². The monoisotopic (exact) mass is 227 g/mol. The number of thiophene rings is 1.